The van der Waals surface area contributed by atoms with Gasteiger partial charge in [0.25, 0.3) is 5.91 Å². The van der Waals surface area contributed by atoms with Gasteiger partial charge in [-0.15, -0.1) is 10.2 Å². The quantitative estimate of drug-likeness (QED) is 0.726. The maximum absolute atomic E-state index is 13.2. The first-order chi connectivity index (χ1) is 12.1. The molecule has 2 N–H and O–H groups in total. The van der Waals surface area contributed by atoms with Gasteiger partial charge >= 0.3 is 0 Å². The van der Waals surface area contributed by atoms with Crippen molar-refractivity contribution in [2.24, 2.45) is 0 Å². The van der Waals surface area contributed by atoms with Crippen LogP contribution >= 0.6 is 11.6 Å². The van der Waals surface area contributed by atoms with Gasteiger partial charge in [0, 0.05) is 17.3 Å². The average Bonchev–Trinajstić information content (AvgIpc) is 2.61. The summed E-state index contributed by atoms with van der Waals surface area (Å²) in [6, 6.07) is 16.4. The molecule has 0 saturated heterocycles. The van der Waals surface area contributed by atoms with Crippen molar-refractivity contribution in [2.75, 3.05) is 5.32 Å². The largest absolute Gasteiger partial charge is 0.347 e. The predicted octanol–water partition coefficient (Wildman–Crippen LogP) is 3.94. The molecule has 0 bridgehead atoms. The Hall–Kier alpha value is -2.99. The van der Waals surface area contributed by atoms with Crippen LogP contribution < -0.4 is 10.6 Å². The van der Waals surface area contributed by atoms with E-state index in [9.17, 15) is 9.18 Å². The summed E-state index contributed by atoms with van der Waals surface area (Å²) in [7, 11) is 0. The molecule has 1 aromatic heterocycles. The summed E-state index contributed by atoms with van der Waals surface area (Å²) in [5.41, 5.74) is 1.54. The Kier molecular flexibility index (Phi) is 5.20. The van der Waals surface area contributed by atoms with Gasteiger partial charge in [-0.1, -0.05) is 35.9 Å². The summed E-state index contributed by atoms with van der Waals surface area (Å²) < 4.78 is 13.2. The molecule has 126 valence electrons. The van der Waals surface area contributed by atoms with Gasteiger partial charge in [0.2, 0.25) is 0 Å². The van der Waals surface area contributed by atoms with E-state index in [1.807, 2.05) is 18.2 Å². The Morgan fingerprint density at radius 2 is 1.88 bits per heavy atom. The van der Waals surface area contributed by atoms with E-state index in [2.05, 4.69) is 20.8 Å². The molecule has 1 heterocycles. The molecule has 25 heavy (non-hydrogen) atoms. The molecule has 0 spiro atoms. The number of anilines is 2. The van der Waals surface area contributed by atoms with Crippen molar-refractivity contribution in [2.45, 2.75) is 6.54 Å². The number of benzene rings is 2. The first-order valence-corrected chi connectivity index (χ1v) is 7.87. The van der Waals surface area contributed by atoms with E-state index in [4.69, 9.17) is 11.6 Å². The van der Waals surface area contributed by atoms with Crippen molar-refractivity contribution < 1.29 is 9.18 Å². The fourth-order valence-electron chi connectivity index (χ4n) is 2.14. The third-order valence-electron chi connectivity index (χ3n) is 3.39. The number of hydrogen-bond donors (Lipinski definition) is 2. The summed E-state index contributed by atoms with van der Waals surface area (Å²) in [4.78, 5) is 12.1. The van der Waals surface area contributed by atoms with Crippen LogP contribution in [0.25, 0.3) is 0 Å². The number of amides is 1. The van der Waals surface area contributed by atoms with E-state index in [-0.39, 0.29) is 17.4 Å². The number of aromatic nitrogens is 2. The van der Waals surface area contributed by atoms with E-state index < -0.39 is 0 Å². The first kappa shape index (κ1) is 16.9. The molecule has 2 aromatic carbocycles. The average molecular weight is 357 g/mol. The van der Waals surface area contributed by atoms with Crippen LogP contribution in [-0.2, 0) is 6.54 Å². The molecule has 0 radical (unpaired) electrons. The van der Waals surface area contributed by atoms with Crippen LogP contribution in [0.5, 0.6) is 0 Å². The van der Waals surface area contributed by atoms with E-state index in [0.29, 0.717) is 23.1 Å². The Balaban J connectivity index is 1.61. The number of rotatable bonds is 5. The third-order valence-corrected chi connectivity index (χ3v) is 3.76. The molecule has 5 nitrogen and oxygen atoms in total. The molecular formula is C18H14ClFN4O. The normalized spacial score (nSPS) is 10.3. The highest BCUT2D eigenvalue weighted by atomic mass is 35.5. The Labute approximate surface area is 148 Å². The first-order valence-electron chi connectivity index (χ1n) is 7.50. The zero-order chi connectivity index (χ0) is 17.6. The fourth-order valence-corrected chi connectivity index (χ4v) is 2.34. The summed E-state index contributed by atoms with van der Waals surface area (Å²) in [6.07, 6.45) is 0. The lowest BCUT2D eigenvalue weighted by molar-refractivity contribution is 0.0945. The van der Waals surface area contributed by atoms with Crippen molar-refractivity contribution in [1.82, 2.24) is 15.5 Å². The van der Waals surface area contributed by atoms with Gasteiger partial charge in [-0.3, -0.25) is 4.79 Å². The molecule has 0 aliphatic heterocycles. The van der Waals surface area contributed by atoms with Crippen LogP contribution in [0.4, 0.5) is 15.9 Å². The topological polar surface area (TPSA) is 66.9 Å². The Bertz CT molecular complexity index is 886. The highest BCUT2D eigenvalue weighted by Crippen LogP contribution is 2.16. The molecule has 3 rings (SSSR count). The van der Waals surface area contributed by atoms with Gasteiger partial charge in [-0.2, -0.15) is 0 Å². The van der Waals surface area contributed by atoms with Crippen LogP contribution in [0, 0.1) is 5.82 Å². The standard InChI is InChI=1S/C18H14ClFN4O/c19-15-7-2-1-4-12(15)11-21-18(25)16-8-9-17(24-23-16)22-14-6-3-5-13(20)10-14/h1-10H,11H2,(H,21,25)(H,22,24). The maximum atomic E-state index is 13.2. The smallest absolute Gasteiger partial charge is 0.272 e. The Morgan fingerprint density at radius 1 is 1.04 bits per heavy atom. The van der Waals surface area contributed by atoms with Gasteiger partial charge in [0.1, 0.15) is 5.82 Å². The van der Waals surface area contributed by atoms with E-state index >= 15 is 0 Å². The molecule has 0 saturated carbocycles. The number of halogens is 2. The molecule has 0 atom stereocenters. The second kappa shape index (κ2) is 7.72. The molecular weight excluding hydrogens is 343 g/mol. The second-order valence-electron chi connectivity index (χ2n) is 5.21. The van der Waals surface area contributed by atoms with Gasteiger partial charge in [0.15, 0.2) is 11.5 Å². The van der Waals surface area contributed by atoms with Crippen LogP contribution in [0.3, 0.4) is 0 Å². The lowest BCUT2D eigenvalue weighted by Crippen LogP contribution is -2.24. The maximum Gasteiger partial charge on any atom is 0.272 e. The highest BCUT2D eigenvalue weighted by molar-refractivity contribution is 6.31. The minimum Gasteiger partial charge on any atom is -0.347 e. The molecule has 3 aromatic rings. The van der Waals surface area contributed by atoms with Crippen molar-refractivity contribution in [3.05, 3.63) is 82.8 Å². The molecule has 0 fully saturated rings. The summed E-state index contributed by atoms with van der Waals surface area (Å²) in [5.74, 6) is -0.300. The molecule has 0 aliphatic rings. The fraction of sp³-hybridized carbons (Fsp3) is 0.0556. The number of nitrogens with one attached hydrogen (secondary N) is 2. The minimum absolute atomic E-state index is 0.178. The van der Waals surface area contributed by atoms with Gasteiger partial charge in [-0.05, 0) is 42.0 Å². The van der Waals surface area contributed by atoms with Crippen LogP contribution in [0.1, 0.15) is 16.1 Å². The van der Waals surface area contributed by atoms with Crippen LogP contribution in [0.15, 0.2) is 60.7 Å². The van der Waals surface area contributed by atoms with E-state index in [0.717, 1.165) is 5.56 Å². The minimum atomic E-state index is -0.357. The lowest BCUT2D eigenvalue weighted by atomic mass is 10.2. The van der Waals surface area contributed by atoms with Crippen molar-refractivity contribution in [3.63, 3.8) is 0 Å². The Morgan fingerprint density at radius 3 is 2.60 bits per heavy atom. The van der Waals surface area contributed by atoms with E-state index in [1.54, 1.807) is 24.3 Å². The SMILES string of the molecule is O=C(NCc1ccccc1Cl)c1ccc(Nc2cccc(F)c2)nn1. The summed E-state index contributed by atoms with van der Waals surface area (Å²) >= 11 is 6.05. The lowest BCUT2D eigenvalue weighted by Gasteiger charge is -2.07. The monoisotopic (exact) mass is 356 g/mol. The van der Waals surface area contributed by atoms with Crippen molar-refractivity contribution >= 4 is 29.0 Å². The zero-order valence-corrected chi connectivity index (χ0v) is 13.8. The van der Waals surface area contributed by atoms with E-state index in [1.165, 1.54) is 18.2 Å². The molecule has 0 unspecified atom stereocenters. The highest BCUT2D eigenvalue weighted by Gasteiger charge is 2.09. The number of nitrogens with zero attached hydrogens (tertiary/aromatic N) is 2. The molecule has 0 aliphatic carbocycles. The third kappa shape index (κ3) is 4.51. The number of carbonyl (C=O) groups excluding carboxylic acids is 1. The van der Waals surface area contributed by atoms with Crippen LogP contribution in [-0.4, -0.2) is 16.1 Å². The predicted molar refractivity (Wildman–Crippen MR) is 94.3 cm³/mol. The number of hydrogen-bond acceptors (Lipinski definition) is 4. The van der Waals surface area contributed by atoms with Crippen LogP contribution in [0.2, 0.25) is 5.02 Å². The number of carbonyl (C=O) groups is 1. The summed E-state index contributed by atoms with van der Waals surface area (Å²) in [6.45, 7) is 0.295. The van der Waals surface area contributed by atoms with Crippen molar-refractivity contribution in [3.8, 4) is 0 Å². The zero-order valence-electron chi connectivity index (χ0n) is 13.0. The molecule has 1 amide bonds. The molecule has 7 heteroatoms. The van der Waals surface area contributed by atoms with Crippen molar-refractivity contribution in [1.29, 1.82) is 0 Å². The summed E-state index contributed by atoms with van der Waals surface area (Å²) in [5, 5.41) is 14.0. The second-order valence-corrected chi connectivity index (χ2v) is 5.62. The van der Waals surface area contributed by atoms with Gasteiger partial charge in [0.05, 0.1) is 0 Å². The van der Waals surface area contributed by atoms with Gasteiger partial charge < -0.3 is 10.6 Å². The van der Waals surface area contributed by atoms with Gasteiger partial charge in [-0.25, -0.2) is 4.39 Å².